The first-order valence-corrected chi connectivity index (χ1v) is 11.3. The first kappa shape index (κ1) is 21.6. The second-order valence-electron chi connectivity index (χ2n) is 8.78. The van der Waals surface area contributed by atoms with Gasteiger partial charge in [-0.05, 0) is 49.9 Å². The molecule has 0 aliphatic carbocycles. The molecule has 2 aliphatic rings. The molecular formula is C26H26F2N4O. The van der Waals surface area contributed by atoms with Gasteiger partial charge in [-0.2, -0.15) is 0 Å². The van der Waals surface area contributed by atoms with Crippen LogP contribution in [-0.4, -0.2) is 41.0 Å². The van der Waals surface area contributed by atoms with E-state index in [0.29, 0.717) is 18.1 Å². The molecule has 1 fully saturated rings. The number of halogens is 2. The van der Waals surface area contributed by atoms with Crippen molar-refractivity contribution in [3.63, 3.8) is 0 Å². The molecule has 2 aromatic carbocycles. The van der Waals surface area contributed by atoms with E-state index in [4.69, 9.17) is 4.74 Å². The highest BCUT2D eigenvalue weighted by Gasteiger charge is 2.25. The van der Waals surface area contributed by atoms with Gasteiger partial charge in [0.2, 0.25) is 5.95 Å². The molecule has 3 heterocycles. The lowest BCUT2D eigenvalue weighted by Crippen LogP contribution is -2.46. The van der Waals surface area contributed by atoms with Gasteiger partial charge in [0, 0.05) is 36.8 Å². The van der Waals surface area contributed by atoms with E-state index >= 15 is 0 Å². The highest BCUT2D eigenvalue weighted by Crippen LogP contribution is 2.33. The fraction of sp³-hybridized carbons (Fsp3) is 0.346. The molecule has 7 heteroatoms. The average Bonchev–Trinajstić information content (AvgIpc) is 3.28. The molecule has 0 N–H and O–H groups in total. The zero-order valence-electron chi connectivity index (χ0n) is 18.7. The Hall–Kier alpha value is -3.19. The van der Waals surface area contributed by atoms with Gasteiger partial charge < -0.3 is 9.64 Å². The minimum atomic E-state index is -0.561. The number of ether oxygens (including phenoxy) is 1. The number of aliphatic imine (C=N–C) groups is 1. The standard InChI is InChI=1S/C26H26F2N4O/c1-16-14-32(15-17(2)33-16)26-29-12-20(13-30-26)18-6-8-19(9-7-18)23-10-11-24(31-23)25-21(27)4-3-5-22(25)28/h3-9,12-13,16-17,23H,10-11,14-15H2,1-2H3. The van der Waals surface area contributed by atoms with E-state index in [-0.39, 0.29) is 23.8 Å². The summed E-state index contributed by atoms with van der Waals surface area (Å²) in [4.78, 5) is 15.9. The fourth-order valence-corrected chi connectivity index (χ4v) is 4.67. The highest BCUT2D eigenvalue weighted by molar-refractivity contribution is 6.02. The summed E-state index contributed by atoms with van der Waals surface area (Å²) >= 11 is 0. The topological polar surface area (TPSA) is 50.6 Å². The number of anilines is 1. The second kappa shape index (κ2) is 8.98. The van der Waals surface area contributed by atoms with E-state index in [2.05, 4.69) is 33.7 Å². The van der Waals surface area contributed by atoms with Crippen LogP contribution in [-0.2, 0) is 4.74 Å². The summed E-state index contributed by atoms with van der Waals surface area (Å²) in [7, 11) is 0. The van der Waals surface area contributed by atoms with Crippen LogP contribution in [0.1, 0.15) is 43.9 Å². The third-order valence-corrected chi connectivity index (χ3v) is 6.19. The molecule has 3 aromatic rings. The van der Waals surface area contributed by atoms with E-state index in [1.807, 2.05) is 36.7 Å². The lowest BCUT2D eigenvalue weighted by atomic mass is 10.0. The first-order valence-electron chi connectivity index (χ1n) is 11.3. The summed E-state index contributed by atoms with van der Waals surface area (Å²) in [5.74, 6) is -0.408. The molecule has 0 bridgehead atoms. The molecule has 3 atom stereocenters. The van der Waals surface area contributed by atoms with Crippen LogP contribution < -0.4 is 4.90 Å². The van der Waals surface area contributed by atoms with Crippen LogP contribution in [0.3, 0.4) is 0 Å². The summed E-state index contributed by atoms with van der Waals surface area (Å²) in [5.41, 5.74) is 3.47. The highest BCUT2D eigenvalue weighted by atomic mass is 19.1. The normalized spacial score (nSPS) is 23.0. The van der Waals surface area contributed by atoms with Gasteiger partial charge in [-0.1, -0.05) is 30.3 Å². The third-order valence-electron chi connectivity index (χ3n) is 6.19. The fourth-order valence-electron chi connectivity index (χ4n) is 4.67. The molecule has 1 aromatic heterocycles. The lowest BCUT2D eigenvalue weighted by Gasteiger charge is -2.35. The number of benzene rings is 2. The largest absolute Gasteiger partial charge is 0.372 e. The molecule has 1 saturated heterocycles. The Morgan fingerprint density at radius 1 is 0.879 bits per heavy atom. The summed E-state index contributed by atoms with van der Waals surface area (Å²) in [6.07, 6.45) is 5.27. The molecule has 0 radical (unpaired) electrons. The van der Waals surface area contributed by atoms with Crippen LogP contribution in [0.5, 0.6) is 0 Å². The summed E-state index contributed by atoms with van der Waals surface area (Å²) in [5, 5.41) is 0. The summed E-state index contributed by atoms with van der Waals surface area (Å²) < 4.78 is 34.0. The van der Waals surface area contributed by atoms with Crippen molar-refractivity contribution in [1.29, 1.82) is 0 Å². The lowest BCUT2D eigenvalue weighted by molar-refractivity contribution is -0.00571. The Morgan fingerprint density at radius 2 is 1.52 bits per heavy atom. The zero-order chi connectivity index (χ0) is 22.9. The monoisotopic (exact) mass is 448 g/mol. The average molecular weight is 449 g/mol. The number of hydrogen-bond donors (Lipinski definition) is 0. The van der Waals surface area contributed by atoms with Crippen molar-refractivity contribution >= 4 is 11.7 Å². The van der Waals surface area contributed by atoms with Crippen molar-refractivity contribution in [3.05, 3.63) is 77.6 Å². The van der Waals surface area contributed by atoms with E-state index in [1.54, 1.807) is 0 Å². The van der Waals surface area contributed by atoms with E-state index < -0.39 is 11.6 Å². The quantitative estimate of drug-likeness (QED) is 0.539. The summed E-state index contributed by atoms with van der Waals surface area (Å²) in [6, 6.07) is 11.9. The molecule has 2 aliphatic heterocycles. The zero-order valence-corrected chi connectivity index (χ0v) is 18.7. The Morgan fingerprint density at radius 3 is 2.15 bits per heavy atom. The Kier molecular flexibility index (Phi) is 5.89. The molecule has 5 nitrogen and oxygen atoms in total. The van der Waals surface area contributed by atoms with Crippen LogP contribution in [0, 0.1) is 11.6 Å². The van der Waals surface area contributed by atoms with Gasteiger partial charge in [0.15, 0.2) is 0 Å². The second-order valence-corrected chi connectivity index (χ2v) is 8.78. The van der Waals surface area contributed by atoms with Gasteiger partial charge in [-0.3, -0.25) is 4.99 Å². The third kappa shape index (κ3) is 4.50. The van der Waals surface area contributed by atoms with Gasteiger partial charge in [-0.25, -0.2) is 18.7 Å². The number of nitrogens with zero attached hydrogens (tertiary/aromatic N) is 4. The van der Waals surface area contributed by atoms with Crippen molar-refractivity contribution in [2.45, 2.75) is 44.9 Å². The Bertz CT molecular complexity index is 1130. The van der Waals surface area contributed by atoms with Crippen molar-refractivity contribution in [1.82, 2.24) is 9.97 Å². The molecular weight excluding hydrogens is 422 g/mol. The summed E-state index contributed by atoms with van der Waals surface area (Å²) in [6.45, 7) is 5.67. The maximum absolute atomic E-state index is 14.1. The Balaban J connectivity index is 1.31. The molecule has 3 unspecified atom stereocenters. The minimum absolute atomic E-state index is 0.00193. The van der Waals surface area contributed by atoms with Crippen molar-refractivity contribution in [3.8, 4) is 11.1 Å². The van der Waals surface area contributed by atoms with Crippen LogP contribution >= 0.6 is 0 Å². The smallest absolute Gasteiger partial charge is 0.225 e. The molecule has 170 valence electrons. The van der Waals surface area contributed by atoms with E-state index in [1.165, 1.54) is 18.2 Å². The van der Waals surface area contributed by atoms with E-state index in [0.717, 1.165) is 36.2 Å². The predicted octanol–water partition coefficient (Wildman–Crippen LogP) is 5.36. The predicted molar refractivity (Wildman–Crippen MR) is 125 cm³/mol. The van der Waals surface area contributed by atoms with Gasteiger partial charge in [0.05, 0.1) is 23.8 Å². The van der Waals surface area contributed by atoms with Crippen LogP contribution in [0.15, 0.2) is 59.9 Å². The number of rotatable bonds is 4. The van der Waals surface area contributed by atoms with Crippen molar-refractivity contribution in [2.75, 3.05) is 18.0 Å². The van der Waals surface area contributed by atoms with Crippen molar-refractivity contribution < 1.29 is 13.5 Å². The van der Waals surface area contributed by atoms with Crippen LogP contribution in [0.4, 0.5) is 14.7 Å². The number of morpholine rings is 1. The number of aromatic nitrogens is 2. The maximum Gasteiger partial charge on any atom is 0.225 e. The van der Waals surface area contributed by atoms with Gasteiger partial charge in [0.25, 0.3) is 0 Å². The molecule has 5 rings (SSSR count). The van der Waals surface area contributed by atoms with Gasteiger partial charge >= 0.3 is 0 Å². The maximum atomic E-state index is 14.1. The van der Waals surface area contributed by atoms with Crippen LogP contribution in [0.25, 0.3) is 11.1 Å². The number of hydrogen-bond acceptors (Lipinski definition) is 5. The Labute approximate surface area is 192 Å². The molecule has 0 saturated carbocycles. The van der Waals surface area contributed by atoms with Gasteiger partial charge in [0.1, 0.15) is 11.6 Å². The molecule has 0 amide bonds. The van der Waals surface area contributed by atoms with E-state index in [9.17, 15) is 8.78 Å². The van der Waals surface area contributed by atoms with Crippen LogP contribution in [0.2, 0.25) is 0 Å². The first-order chi connectivity index (χ1) is 16.0. The molecule has 33 heavy (non-hydrogen) atoms. The van der Waals surface area contributed by atoms with Crippen molar-refractivity contribution in [2.24, 2.45) is 4.99 Å². The minimum Gasteiger partial charge on any atom is -0.372 e. The van der Waals surface area contributed by atoms with Gasteiger partial charge in [-0.15, -0.1) is 0 Å². The SMILES string of the molecule is CC1CN(c2ncc(-c3ccc(C4CCC(c5c(F)cccc5F)=N4)cc3)cn2)CC(C)O1. The molecule has 0 spiro atoms.